The summed E-state index contributed by atoms with van der Waals surface area (Å²) in [4.78, 5) is 34.5. The van der Waals surface area contributed by atoms with Crippen molar-refractivity contribution in [2.24, 2.45) is 5.73 Å². The maximum Gasteiger partial charge on any atom is 0.324 e. The fourth-order valence-corrected chi connectivity index (χ4v) is 1.26. The predicted octanol–water partition coefficient (Wildman–Crippen LogP) is -0.591. The first-order valence-electron chi connectivity index (χ1n) is 4.48. The van der Waals surface area contributed by atoms with Crippen LogP contribution in [0, 0.1) is 0 Å². The van der Waals surface area contributed by atoms with Crippen molar-refractivity contribution in [3.05, 3.63) is 0 Å². The minimum absolute atomic E-state index is 0.420. The number of nitrogens with two attached hydrogens (primary N) is 1. The summed E-state index contributed by atoms with van der Waals surface area (Å²) >= 11 is 5.46. The van der Waals surface area contributed by atoms with Crippen molar-refractivity contribution in [2.45, 2.75) is 24.8 Å². The highest BCUT2D eigenvalue weighted by Crippen LogP contribution is 2.16. The van der Waals surface area contributed by atoms with E-state index in [0.29, 0.717) is 13.0 Å². The highest BCUT2D eigenvalue weighted by Gasteiger charge is 2.36. The maximum absolute atomic E-state index is 11.4. The second-order valence-electron chi connectivity index (χ2n) is 3.31. The Morgan fingerprint density at radius 2 is 2.13 bits per heavy atom. The zero-order valence-electron chi connectivity index (χ0n) is 8.20. The molecule has 0 aromatic carbocycles. The van der Waals surface area contributed by atoms with Crippen molar-refractivity contribution in [3.63, 3.8) is 0 Å². The molecule has 4 amide bonds. The Bertz CT molecular complexity index is 306. The third-order valence-corrected chi connectivity index (χ3v) is 2.40. The Balaban J connectivity index is 2.48. The summed E-state index contributed by atoms with van der Waals surface area (Å²) in [5.41, 5.74) is 5.04. The number of nitrogens with zero attached hydrogens (tertiary/aromatic N) is 1. The van der Waals surface area contributed by atoms with Crippen LogP contribution in [0.3, 0.4) is 0 Å². The van der Waals surface area contributed by atoms with E-state index in [2.05, 4.69) is 5.32 Å². The minimum atomic E-state index is -0.790. The smallest absolute Gasteiger partial charge is 0.324 e. The molecule has 1 aliphatic rings. The number of nitrogens with one attached hydrogen (secondary N) is 1. The molecule has 0 saturated carbocycles. The molecule has 0 aliphatic carbocycles. The van der Waals surface area contributed by atoms with E-state index in [1.165, 1.54) is 11.8 Å². The van der Waals surface area contributed by atoms with Crippen LogP contribution in [0.15, 0.2) is 0 Å². The molecular weight excluding hydrogens is 222 g/mol. The standard InChI is InChI=1S/C8H12ClN3O3/c1-4(9)7(14)11-8(15)12-3-2-5(12)6(10)13/h4-5H,2-3H2,1H3,(H2,10,13)(H,11,14,15). The second-order valence-corrected chi connectivity index (χ2v) is 3.97. The molecule has 0 spiro atoms. The topological polar surface area (TPSA) is 92.5 Å². The third kappa shape index (κ3) is 2.59. The SMILES string of the molecule is CC(Cl)C(=O)NC(=O)N1CCC1C(N)=O. The van der Waals surface area contributed by atoms with E-state index in [4.69, 9.17) is 17.3 Å². The molecule has 1 rings (SSSR count). The van der Waals surface area contributed by atoms with Gasteiger partial charge in [-0.3, -0.25) is 14.9 Å². The molecule has 1 saturated heterocycles. The Morgan fingerprint density at radius 3 is 2.47 bits per heavy atom. The van der Waals surface area contributed by atoms with Gasteiger partial charge in [-0.15, -0.1) is 11.6 Å². The molecule has 1 heterocycles. The molecule has 1 fully saturated rings. The van der Waals surface area contributed by atoms with Crippen molar-refractivity contribution in [1.82, 2.24) is 10.2 Å². The highest BCUT2D eigenvalue weighted by atomic mass is 35.5. The van der Waals surface area contributed by atoms with Crippen molar-refractivity contribution in [1.29, 1.82) is 0 Å². The van der Waals surface area contributed by atoms with Crippen molar-refractivity contribution < 1.29 is 14.4 Å². The van der Waals surface area contributed by atoms with Crippen LogP contribution < -0.4 is 11.1 Å². The molecule has 2 unspecified atom stereocenters. The lowest BCUT2D eigenvalue weighted by Crippen LogP contribution is -2.60. The molecule has 1 aliphatic heterocycles. The van der Waals surface area contributed by atoms with Crippen LogP contribution in [0.2, 0.25) is 0 Å². The van der Waals surface area contributed by atoms with Gasteiger partial charge >= 0.3 is 6.03 Å². The number of carbonyl (C=O) groups is 3. The first-order chi connectivity index (χ1) is 6.93. The lowest BCUT2D eigenvalue weighted by molar-refractivity contribution is -0.126. The average Bonchev–Trinajstić information content (AvgIpc) is 1.99. The van der Waals surface area contributed by atoms with E-state index in [1.54, 1.807) is 0 Å². The van der Waals surface area contributed by atoms with Gasteiger partial charge in [0.25, 0.3) is 0 Å². The van der Waals surface area contributed by atoms with Gasteiger partial charge < -0.3 is 10.6 Å². The Morgan fingerprint density at radius 1 is 1.53 bits per heavy atom. The summed E-state index contributed by atoms with van der Waals surface area (Å²) in [5.74, 6) is -1.15. The van der Waals surface area contributed by atoms with E-state index < -0.39 is 29.3 Å². The summed E-state index contributed by atoms with van der Waals surface area (Å²) in [7, 11) is 0. The van der Waals surface area contributed by atoms with E-state index >= 15 is 0 Å². The van der Waals surface area contributed by atoms with Gasteiger partial charge in [-0.25, -0.2) is 4.79 Å². The number of urea groups is 1. The number of hydrogen-bond donors (Lipinski definition) is 2. The van der Waals surface area contributed by atoms with Gasteiger partial charge in [-0.1, -0.05) is 0 Å². The molecule has 0 aromatic rings. The van der Waals surface area contributed by atoms with Crippen molar-refractivity contribution >= 4 is 29.4 Å². The average molecular weight is 234 g/mol. The van der Waals surface area contributed by atoms with Crippen molar-refractivity contribution in [3.8, 4) is 0 Å². The van der Waals surface area contributed by atoms with Crippen LogP contribution >= 0.6 is 11.6 Å². The summed E-state index contributed by atoms with van der Waals surface area (Å²) in [5, 5.41) is 1.28. The molecule has 84 valence electrons. The molecule has 0 radical (unpaired) electrons. The third-order valence-electron chi connectivity index (χ3n) is 2.20. The Labute approximate surface area is 91.7 Å². The quantitative estimate of drug-likeness (QED) is 0.625. The zero-order valence-corrected chi connectivity index (χ0v) is 8.95. The van der Waals surface area contributed by atoms with Crippen LogP contribution in [0.25, 0.3) is 0 Å². The number of halogens is 1. The van der Waals surface area contributed by atoms with Crippen LogP contribution in [0.5, 0.6) is 0 Å². The molecular formula is C8H12ClN3O3. The van der Waals surface area contributed by atoms with Crippen LogP contribution in [-0.4, -0.2) is 40.7 Å². The number of imide groups is 1. The van der Waals surface area contributed by atoms with Gasteiger partial charge in [-0.05, 0) is 13.3 Å². The number of primary amides is 1. The van der Waals surface area contributed by atoms with Gasteiger partial charge in [0.15, 0.2) is 0 Å². The summed E-state index contributed by atoms with van der Waals surface area (Å²) in [6.07, 6.45) is 0.535. The molecule has 7 heteroatoms. The first-order valence-corrected chi connectivity index (χ1v) is 4.92. The van der Waals surface area contributed by atoms with E-state index in [9.17, 15) is 14.4 Å². The molecule has 3 N–H and O–H groups in total. The van der Waals surface area contributed by atoms with Crippen LogP contribution in [0.4, 0.5) is 4.79 Å². The van der Waals surface area contributed by atoms with Gasteiger partial charge in [-0.2, -0.15) is 0 Å². The van der Waals surface area contributed by atoms with Gasteiger partial charge in [0.1, 0.15) is 11.4 Å². The molecule has 2 atom stereocenters. The molecule has 15 heavy (non-hydrogen) atoms. The number of alkyl halides is 1. The number of likely N-dealkylation sites (tertiary alicyclic amines) is 1. The predicted molar refractivity (Wildman–Crippen MR) is 53.2 cm³/mol. The molecule has 0 aromatic heterocycles. The Hall–Kier alpha value is -1.30. The number of rotatable bonds is 2. The van der Waals surface area contributed by atoms with Crippen LogP contribution in [0.1, 0.15) is 13.3 Å². The van der Waals surface area contributed by atoms with Gasteiger partial charge in [0.05, 0.1) is 0 Å². The fraction of sp³-hybridized carbons (Fsp3) is 0.625. The lowest BCUT2D eigenvalue weighted by Gasteiger charge is -2.38. The van der Waals surface area contributed by atoms with Crippen molar-refractivity contribution in [2.75, 3.05) is 6.54 Å². The Kier molecular flexibility index (Phi) is 3.52. The molecule has 0 bridgehead atoms. The van der Waals surface area contributed by atoms with Gasteiger partial charge in [0, 0.05) is 6.54 Å². The highest BCUT2D eigenvalue weighted by molar-refractivity contribution is 6.31. The van der Waals surface area contributed by atoms with Gasteiger partial charge in [0.2, 0.25) is 11.8 Å². The van der Waals surface area contributed by atoms with Crippen LogP contribution in [-0.2, 0) is 9.59 Å². The van der Waals surface area contributed by atoms with E-state index in [1.807, 2.05) is 0 Å². The number of hydrogen-bond acceptors (Lipinski definition) is 3. The monoisotopic (exact) mass is 233 g/mol. The molecule has 6 nitrogen and oxygen atoms in total. The summed E-state index contributed by atoms with van der Waals surface area (Å²) in [6.45, 7) is 1.87. The van der Waals surface area contributed by atoms with E-state index in [0.717, 1.165) is 0 Å². The largest absolute Gasteiger partial charge is 0.368 e. The summed E-state index contributed by atoms with van der Waals surface area (Å²) < 4.78 is 0. The maximum atomic E-state index is 11.4. The van der Waals surface area contributed by atoms with E-state index in [-0.39, 0.29) is 0 Å². The number of carbonyl (C=O) groups excluding carboxylic acids is 3. The second kappa shape index (κ2) is 4.48. The first kappa shape index (κ1) is 11.8. The zero-order chi connectivity index (χ0) is 11.6. The lowest BCUT2D eigenvalue weighted by atomic mass is 10.0. The fourth-order valence-electron chi connectivity index (χ4n) is 1.20. The normalized spacial score (nSPS) is 21.5. The summed E-state index contributed by atoms with van der Waals surface area (Å²) in [6, 6.07) is -1.23. The minimum Gasteiger partial charge on any atom is -0.368 e. The number of amides is 4.